The zero-order valence-electron chi connectivity index (χ0n) is 13.5. The smallest absolute Gasteiger partial charge is 0.277 e. The average Bonchev–Trinajstić information content (AvgIpc) is 2.56. The van der Waals surface area contributed by atoms with Gasteiger partial charge in [-0.3, -0.25) is 4.79 Å². The highest BCUT2D eigenvalue weighted by Crippen LogP contribution is 2.29. The largest absolute Gasteiger partial charge is 0.490 e. The second-order valence-electron chi connectivity index (χ2n) is 5.10. The Balaban J connectivity index is 2.83. The molecule has 0 radical (unpaired) electrons. The minimum Gasteiger partial charge on any atom is -0.490 e. The van der Waals surface area contributed by atoms with E-state index in [0.717, 1.165) is 12.8 Å². The normalized spacial score (nSPS) is 11.2. The van der Waals surface area contributed by atoms with Crippen molar-refractivity contribution in [3.8, 4) is 11.5 Å². The van der Waals surface area contributed by atoms with Crippen molar-refractivity contribution in [3.05, 3.63) is 23.8 Å². The van der Waals surface area contributed by atoms with Gasteiger partial charge in [0.25, 0.3) is 11.8 Å². The molecule has 3 N–H and O–H groups in total. The molecule has 0 aliphatic rings. The minimum absolute atomic E-state index is 0.229. The number of hydrogen-bond donors (Lipinski definition) is 2. The van der Waals surface area contributed by atoms with Crippen molar-refractivity contribution in [1.29, 1.82) is 0 Å². The van der Waals surface area contributed by atoms with Gasteiger partial charge in [-0.1, -0.05) is 13.8 Å². The molecule has 130 valence electrons. The lowest BCUT2D eigenvalue weighted by atomic mass is 10.2. The number of rotatable bonds is 10. The second-order valence-corrected chi connectivity index (χ2v) is 5.10. The summed E-state index contributed by atoms with van der Waals surface area (Å²) in [7, 11) is 0. The third-order valence-electron chi connectivity index (χ3n) is 2.94. The standard InChI is InChI=1S/C16H24F2N2O3/c1-3-7-22-13-6-5-12(9-14(13)23-8-4-2)15(21)20-11-16(17,18)10-19/h5-6,9H,3-4,7-8,10-11,19H2,1-2H3,(H,20,21). The lowest BCUT2D eigenvalue weighted by molar-refractivity contribution is 0.0118. The Morgan fingerprint density at radius 1 is 1.17 bits per heavy atom. The molecule has 0 unspecified atom stereocenters. The van der Waals surface area contributed by atoms with E-state index < -0.39 is 24.9 Å². The van der Waals surface area contributed by atoms with Crippen LogP contribution in [0.3, 0.4) is 0 Å². The second kappa shape index (κ2) is 9.29. The lowest BCUT2D eigenvalue weighted by Crippen LogP contribution is -2.41. The van der Waals surface area contributed by atoms with Crippen LogP contribution in [0.15, 0.2) is 18.2 Å². The summed E-state index contributed by atoms with van der Waals surface area (Å²) >= 11 is 0. The third-order valence-corrected chi connectivity index (χ3v) is 2.94. The van der Waals surface area contributed by atoms with Gasteiger partial charge >= 0.3 is 0 Å². The van der Waals surface area contributed by atoms with E-state index in [2.05, 4.69) is 5.32 Å². The van der Waals surface area contributed by atoms with Crippen molar-refractivity contribution >= 4 is 5.91 Å². The minimum atomic E-state index is -3.12. The fourth-order valence-electron chi connectivity index (χ4n) is 1.69. The van der Waals surface area contributed by atoms with E-state index in [-0.39, 0.29) is 5.56 Å². The van der Waals surface area contributed by atoms with Gasteiger partial charge in [0, 0.05) is 5.56 Å². The Bertz CT molecular complexity index is 510. The molecule has 5 nitrogen and oxygen atoms in total. The molecule has 1 amide bonds. The zero-order chi connectivity index (χ0) is 17.3. The quantitative estimate of drug-likeness (QED) is 0.691. The number of ether oxygens (including phenoxy) is 2. The third kappa shape index (κ3) is 6.40. The number of carbonyl (C=O) groups is 1. The van der Waals surface area contributed by atoms with Crippen LogP contribution in [0.2, 0.25) is 0 Å². The van der Waals surface area contributed by atoms with Crippen LogP contribution in [0, 0.1) is 0 Å². The molecule has 0 aliphatic carbocycles. The van der Waals surface area contributed by atoms with Crippen LogP contribution < -0.4 is 20.5 Å². The summed E-state index contributed by atoms with van der Waals surface area (Å²) < 4.78 is 37.3. The van der Waals surface area contributed by atoms with Crippen LogP contribution in [0.25, 0.3) is 0 Å². The van der Waals surface area contributed by atoms with Crippen LogP contribution in [-0.4, -0.2) is 38.1 Å². The van der Waals surface area contributed by atoms with Crippen molar-refractivity contribution < 1.29 is 23.0 Å². The summed E-state index contributed by atoms with van der Waals surface area (Å²) in [6, 6.07) is 4.62. The highest BCUT2D eigenvalue weighted by Gasteiger charge is 2.27. The van der Waals surface area contributed by atoms with Crippen molar-refractivity contribution in [1.82, 2.24) is 5.32 Å². The van der Waals surface area contributed by atoms with E-state index in [1.54, 1.807) is 6.07 Å². The van der Waals surface area contributed by atoms with Crippen molar-refractivity contribution in [2.24, 2.45) is 5.73 Å². The molecule has 0 bridgehead atoms. The SMILES string of the molecule is CCCOc1ccc(C(=O)NCC(F)(F)CN)cc1OCCC. The highest BCUT2D eigenvalue weighted by atomic mass is 19.3. The number of halogens is 2. The summed E-state index contributed by atoms with van der Waals surface area (Å²) in [5.41, 5.74) is 5.17. The monoisotopic (exact) mass is 330 g/mol. The average molecular weight is 330 g/mol. The highest BCUT2D eigenvalue weighted by molar-refractivity contribution is 5.94. The summed E-state index contributed by atoms with van der Waals surface area (Å²) in [5.74, 6) is -2.77. The molecule has 0 spiro atoms. The van der Waals surface area contributed by atoms with Crippen LogP contribution in [0.1, 0.15) is 37.0 Å². The van der Waals surface area contributed by atoms with Gasteiger partial charge in [0.1, 0.15) is 0 Å². The number of amides is 1. The molecule has 0 saturated carbocycles. The molecule has 0 atom stereocenters. The molecular weight excluding hydrogens is 306 g/mol. The first kappa shape index (κ1) is 19.2. The lowest BCUT2D eigenvalue weighted by Gasteiger charge is -2.16. The van der Waals surface area contributed by atoms with Gasteiger partial charge in [-0.2, -0.15) is 0 Å². The van der Waals surface area contributed by atoms with Crippen molar-refractivity contribution in [2.45, 2.75) is 32.6 Å². The van der Waals surface area contributed by atoms with E-state index in [1.165, 1.54) is 12.1 Å². The molecule has 23 heavy (non-hydrogen) atoms. The Labute approximate surface area is 135 Å². The fourth-order valence-corrected chi connectivity index (χ4v) is 1.69. The molecule has 0 fully saturated rings. The first-order chi connectivity index (χ1) is 10.9. The number of carbonyl (C=O) groups excluding carboxylic acids is 1. The van der Waals surface area contributed by atoms with Crippen LogP contribution in [0.5, 0.6) is 11.5 Å². The first-order valence-electron chi connectivity index (χ1n) is 7.69. The fraction of sp³-hybridized carbons (Fsp3) is 0.562. The Morgan fingerprint density at radius 2 is 1.78 bits per heavy atom. The van der Waals surface area contributed by atoms with E-state index >= 15 is 0 Å². The van der Waals surface area contributed by atoms with E-state index in [9.17, 15) is 13.6 Å². The van der Waals surface area contributed by atoms with Crippen LogP contribution in [-0.2, 0) is 0 Å². The molecular formula is C16H24F2N2O3. The van der Waals surface area contributed by atoms with Crippen molar-refractivity contribution in [2.75, 3.05) is 26.3 Å². The first-order valence-corrected chi connectivity index (χ1v) is 7.69. The van der Waals surface area contributed by atoms with Gasteiger partial charge in [0.15, 0.2) is 11.5 Å². The zero-order valence-corrected chi connectivity index (χ0v) is 13.5. The van der Waals surface area contributed by atoms with Crippen LogP contribution >= 0.6 is 0 Å². The maximum absolute atomic E-state index is 13.1. The number of alkyl halides is 2. The van der Waals surface area contributed by atoms with Gasteiger partial charge < -0.3 is 20.5 Å². The van der Waals surface area contributed by atoms with Gasteiger partial charge in [0.05, 0.1) is 26.3 Å². The molecule has 1 aromatic rings. The summed E-state index contributed by atoms with van der Waals surface area (Å²) in [4.78, 5) is 12.0. The number of nitrogens with one attached hydrogen (secondary N) is 1. The predicted octanol–water partition coefficient (Wildman–Crippen LogP) is 2.59. The van der Waals surface area contributed by atoms with Gasteiger partial charge in [0.2, 0.25) is 0 Å². The van der Waals surface area contributed by atoms with Gasteiger partial charge in [-0.05, 0) is 31.0 Å². The molecule has 1 aromatic carbocycles. The van der Waals surface area contributed by atoms with Crippen LogP contribution in [0.4, 0.5) is 8.78 Å². The predicted molar refractivity (Wildman–Crippen MR) is 84.3 cm³/mol. The van der Waals surface area contributed by atoms with E-state index in [4.69, 9.17) is 15.2 Å². The molecule has 1 rings (SSSR count). The molecule has 0 saturated heterocycles. The topological polar surface area (TPSA) is 73.6 Å². The van der Waals surface area contributed by atoms with Gasteiger partial charge in [-0.25, -0.2) is 8.78 Å². The molecule has 0 heterocycles. The number of benzene rings is 1. The maximum Gasteiger partial charge on any atom is 0.277 e. The molecule has 0 aliphatic heterocycles. The van der Waals surface area contributed by atoms with Crippen molar-refractivity contribution in [3.63, 3.8) is 0 Å². The molecule has 7 heteroatoms. The Kier molecular flexibility index (Phi) is 7.74. The van der Waals surface area contributed by atoms with E-state index in [1.807, 2.05) is 13.8 Å². The molecule has 0 aromatic heterocycles. The Hall–Kier alpha value is -1.89. The van der Waals surface area contributed by atoms with Gasteiger partial charge in [-0.15, -0.1) is 0 Å². The summed E-state index contributed by atoms with van der Waals surface area (Å²) in [5, 5.41) is 2.17. The summed E-state index contributed by atoms with van der Waals surface area (Å²) in [6.07, 6.45) is 1.63. The summed E-state index contributed by atoms with van der Waals surface area (Å²) in [6.45, 7) is 3.31. The van der Waals surface area contributed by atoms with E-state index in [0.29, 0.717) is 24.7 Å². The number of hydrogen-bond acceptors (Lipinski definition) is 4. The Morgan fingerprint density at radius 3 is 2.35 bits per heavy atom. The maximum atomic E-state index is 13.1. The number of nitrogens with two attached hydrogens (primary N) is 1.